The number of urea groups is 1. The summed E-state index contributed by atoms with van der Waals surface area (Å²) >= 11 is 0. The van der Waals surface area contributed by atoms with Crippen LogP contribution in [0.3, 0.4) is 0 Å². The van der Waals surface area contributed by atoms with Crippen LogP contribution in [0.4, 0.5) is 4.79 Å². The van der Waals surface area contributed by atoms with Gasteiger partial charge in [-0.05, 0) is 24.6 Å². The summed E-state index contributed by atoms with van der Waals surface area (Å²) < 4.78 is 15.1. The maximum atomic E-state index is 12.2. The van der Waals surface area contributed by atoms with Crippen LogP contribution in [0.1, 0.15) is 18.5 Å². The first-order valence-electron chi connectivity index (χ1n) is 7.13. The molecular weight excluding hydrogens is 316 g/mol. The lowest BCUT2D eigenvalue weighted by Crippen LogP contribution is -2.46. The first kappa shape index (κ1) is 17.5. The molecule has 0 saturated carbocycles. The predicted molar refractivity (Wildman–Crippen MR) is 85.0 cm³/mol. The molecule has 1 aromatic carbocycles. The number of benzene rings is 1. The molecule has 0 spiro atoms. The normalized spacial score (nSPS) is 17.5. The van der Waals surface area contributed by atoms with Gasteiger partial charge in [0.15, 0.2) is 11.5 Å². The SMILES string of the molecule is COC(=O)C1=C(C)N(C)C(=O)NC1c1cc(OC)c(O)c(OC)c1. The third kappa shape index (κ3) is 2.82. The second kappa shape index (κ2) is 6.69. The zero-order valence-electron chi connectivity index (χ0n) is 14.2. The van der Waals surface area contributed by atoms with E-state index in [2.05, 4.69) is 5.32 Å². The summed E-state index contributed by atoms with van der Waals surface area (Å²) in [6.07, 6.45) is 0. The fourth-order valence-electron chi connectivity index (χ4n) is 2.54. The molecule has 1 heterocycles. The third-order valence-corrected chi connectivity index (χ3v) is 3.99. The van der Waals surface area contributed by atoms with Crippen molar-refractivity contribution in [2.45, 2.75) is 13.0 Å². The first-order chi connectivity index (χ1) is 11.3. The summed E-state index contributed by atoms with van der Waals surface area (Å²) in [6.45, 7) is 1.66. The highest BCUT2D eigenvalue weighted by molar-refractivity contribution is 5.95. The molecule has 8 nitrogen and oxygen atoms in total. The summed E-state index contributed by atoms with van der Waals surface area (Å²) in [5, 5.41) is 12.8. The monoisotopic (exact) mass is 336 g/mol. The van der Waals surface area contributed by atoms with Gasteiger partial charge in [-0.15, -0.1) is 0 Å². The van der Waals surface area contributed by atoms with Gasteiger partial charge in [0.1, 0.15) is 0 Å². The molecule has 8 heteroatoms. The summed E-state index contributed by atoms with van der Waals surface area (Å²) in [5.74, 6) is -0.391. The fraction of sp³-hybridized carbons (Fsp3) is 0.375. The van der Waals surface area contributed by atoms with Gasteiger partial charge in [-0.3, -0.25) is 0 Å². The topological polar surface area (TPSA) is 97.3 Å². The molecule has 1 atom stereocenters. The summed E-state index contributed by atoms with van der Waals surface area (Å²) in [5.41, 5.74) is 1.28. The van der Waals surface area contributed by atoms with E-state index in [0.717, 1.165) is 0 Å². The Kier molecular flexibility index (Phi) is 4.87. The van der Waals surface area contributed by atoms with E-state index < -0.39 is 12.0 Å². The van der Waals surface area contributed by atoms with Gasteiger partial charge in [-0.1, -0.05) is 0 Å². The minimum atomic E-state index is -0.760. The number of allylic oxidation sites excluding steroid dienone is 1. The van der Waals surface area contributed by atoms with Crippen molar-refractivity contribution >= 4 is 12.0 Å². The Hall–Kier alpha value is -2.90. The number of phenolic OH excluding ortho intramolecular Hbond substituents is 1. The molecule has 2 N–H and O–H groups in total. The number of aromatic hydroxyl groups is 1. The maximum absolute atomic E-state index is 12.2. The number of carbonyl (C=O) groups is 2. The van der Waals surface area contributed by atoms with E-state index in [4.69, 9.17) is 14.2 Å². The molecule has 0 bridgehead atoms. The fourth-order valence-corrected chi connectivity index (χ4v) is 2.54. The van der Waals surface area contributed by atoms with Crippen molar-refractivity contribution in [3.63, 3.8) is 0 Å². The molecule has 0 radical (unpaired) electrons. The predicted octanol–water partition coefficient (Wildman–Crippen LogP) is 1.55. The van der Waals surface area contributed by atoms with Crippen LogP contribution >= 0.6 is 0 Å². The van der Waals surface area contributed by atoms with Crippen molar-refractivity contribution in [2.24, 2.45) is 0 Å². The van der Waals surface area contributed by atoms with Crippen molar-refractivity contribution in [1.29, 1.82) is 0 Å². The van der Waals surface area contributed by atoms with E-state index >= 15 is 0 Å². The zero-order valence-corrected chi connectivity index (χ0v) is 14.2. The van der Waals surface area contributed by atoms with Gasteiger partial charge in [-0.25, -0.2) is 9.59 Å². The number of ether oxygens (including phenoxy) is 3. The average Bonchev–Trinajstić information content (AvgIpc) is 2.59. The number of nitrogens with zero attached hydrogens (tertiary/aromatic N) is 1. The van der Waals surface area contributed by atoms with Gasteiger partial charge in [-0.2, -0.15) is 0 Å². The number of nitrogens with one attached hydrogen (secondary N) is 1. The smallest absolute Gasteiger partial charge is 0.337 e. The van der Waals surface area contributed by atoms with Gasteiger partial charge in [0.2, 0.25) is 5.75 Å². The Morgan fingerprint density at radius 3 is 2.21 bits per heavy atom. The summed E-state index contributed by atoms with van der Waals surface area (Å²) in [6, 6.07) is 1.94. The standard InChI is InChI=1S/C16H20N2O6/c1-8-12(15(20)24-5)13(17-16(21)18(8)2)9-6-10(22-3)14(19)11(7-9)23-4/h6-7,13,19H,1-5H3,(H,17,21). The molecule has 1 aromatic rings. The number of phenols is 1. The minimum Gasteiger partial charge on any atom is -0.502 e. The Labute approximate surface area is 139 Å². The van der Waals surface area contributed by atoms with Crippen molar-refractivity contribution in [2.75, 3.05) is 28.4 Å². The van der Waals surface area contributed by atoms with Crippen LogP contribution in [0.2, 0.25) is 0 Å². The number of rotatable bonds is 4. The van der Waals surface area contributed by atoms with Crippen molar-refractivity contribution < 1.29 is 28.9 Å². The highest BCUT2D eigenvalue weighted by atomic mass is 16.5. The maximum Gasteiger partial charge on any atom is 0.337 e. The van der Waals surface area contributed by atoms with E-state index in [1.807, 2.05) is 0 Å². The lowest BCUT2D eigenvalue weighted by molar-refractivity contribution is -0.136. The molecular formula is C16H20N2O6. The van der Waals surface area contributed by atoms with E-state index in [1.165, 1.54) is 38.4 Å². The molecule has 1 aliphatic rings. The molecule has 0 aromatic heterocycles. The first-order valence-corrected chi connectivity index (χ1v) is 7.13. The number of carbonyl (C=O) groups excluding carboxylic acids is 2. The lowest BCUT2D eigenvalue weighted by atomic mass is 9.94. The van der Waals surface area contributed by atoms with E-state index in [9.17, 15) is 14.7 Å². The van der Waals surface area contributed by atoms with Crippen LogP contribution in [-0.2, 0) is 9.53 Å². The molecule has 2 rings (SSSR count). The Morgan fingerprint density at radius 1 is 1.21 bits per heavy atom. The third-order valence-electron chi connectivity index (χ3n) is 3.99. The van der Waals surface area contributed by atoms with Crippen molar-refractivity contribution in [1.82, 2.24) is 10.2 Å². The minimum absolute atomic E-state index is 0.164. The van der Waals surface area contributed by atoms with Crippen LogP contribution in [0.15, 0.2) is 23.4 Å². The highest BCUT2D eigenvalue weighted by Gasteiger charge is 2.35. The van der Waals surface area contributed by atoms with Crippen LogP contribution in [0.25, 0.3) is 0 Å². The van der Waals surface area contributed by atoms with E-state index in [1.54, 1.807) is 14.0 Å². The van der Waals surface area contributed by atoms with E-state index in [0.29, 0.717) is 11.3 Å². The molecule has 2 amide bonds. The molecule has 1 aliphatic heterocycles. The molecule has 1 unspecified atom stereocenters. The summed E-state index contributed by atoms with van der Waals surface area (Å²) in [4.78, 5) is 25.7. The van der Waals surface area contributed by atoms with Crippen molar-refractivity contribution in [3.8, 4) is 17.2 Å². The van der Waals surface area contributed by atoms with Gasteiger partial charge in [0, 0.05) is 12.7 Å². The molecule has 0 fully saturated rings. The van der Waals surface area contributed by atoms with Gasteiger partial charge >= 0.3 is 12.0 Å². The highest BCUT2D eigenvalue weighted by Crippen LogP contribution is 2.41. The van der Waals surface area contributed by atoms with Gasteiger partial charge < -0.3 is 29.5 Å². The number of esters is 1. The van der Waals surface area contributed by atoms with Gasteiger partial charge in [0.05, 0.1) is 32.9 Å². The molecule has 0 aliphatic carbocycles. The number of methoxy groups -OCH3 is 3. The van der Waals surface area contributed by atoms with Crippen LogP contribution < -0.4 is 14.8 Å². The van der Waals surface area contributed by atoms with Crippen LogP contribution in [-0.4, -0.2) is 50.4 Å². The second-order valence-electron chi connectivity index (χ2n) is 5.21. The summed E-state index contributed by atoms with van der Waals surface area (Å²) in [7, 11) is 5.62. The van der Waals surface area contributed by atoms with Crippen molar-refractivity contribution in [3.05, 3.63) is 29.0 Å². The number of hydrogen-bond donors (Lipinski definition) is 2. The van der Waals surface area contributed by atoms with Crippen LogP contribution in [0.5, 0.6) is 17.2 Å². The molecule has 0 saturated heterocycles. The largest absolute Gasteiger partial charge is 0.502 e. The quantitative estimate of drug-likeness (QED) is 0.810. The number of hydrogen-bond acceptors (Lipinski definition) is 6. The number of amides is 2. The molecule has 24 heavy (non-hydrogen) atoms. The Balaban J connectivity index is 2.64. The Morgan fingerprint density at radius 2 is 1.75 bits per heavy atom. The van der Waals surface area contributed by atoms with Crippen LogP contribution in [0, 0.1) is 0 Å². The average molecular weight is 336 g/mol. The van der Waals surface area contributed by atoms with Gasteiger partial charge in [0.25, 0.3) is 0 Å². The molecule has 130 valence electrons. The zero-order chi connectivity index (χ0) is 18.0. The Bertz CT molecular complexity index is 688. The lowest BCUT2D eigenvalue weighted by Gasteiger charge is -2.33. The second-order valence-corrected chi connectivity index (χ2v) is 5.21. The van der Waals surface area contributed by atoms with E-state index in [-0.39, 0.29) is 28.9 Å².